The molecule has 94 valence electrons. The lowest BCUT2D eigenvalue weighted by molar-refractivity contribution is -0.137. The lowest BCUT2D eigenvalue weighted by Crippen LogP contribution is -2.49. The molecule has 0 aromatic heterocycles. The van der Waals surface area contributed by atoms with Crippen LogP contribution in [0.1, 0.15) is 30.9 Å². The van der Waals surface area contributed by atoms with E-state index in [0.717, 1.165) is 12.5 Å². The van der Waals surface area contributed by atoms with E-state index in [9.17, 15) is 13.2 Å². The predicted octanol–water partition coefficient (Wildman–Crippen LogP) is 3.13. The standard InChI is InChI=1S/C12H15F3N2/c1-2-11(16)6-5-8-7-9(12(13,14)15)3-4-10(8)17-11/h3-4,7,17H,2,5-6,16H2,1H3. The van der Waals surface area contributed by atoms with Crippen molar-refractivity contribution in [3.05, 3.63) is 29.3 Å². The van der Waals surface area contributed by atoms with Crippen molar-refractivity contribution >= 4 is 5.69 Å². The molecule has 0 radical (unpaired) electrons. The van der Waals surface area contributed by atoms with Crippen LogP contribution in [-0.2, 0) is 12.6 Å². The van der Waals surface area contributed by atoms with Gasteiger partial charge in [0.05, 0.1) is 11.2 Å². The zero-order valence-corrected chi connectivity index (χ0v) is 9.56. The van der Waals surface area contributed by atoms with Crippen LogP contribution in [0.15, 0.2) is 18.2 Å². The maximum atomic E-state index is 12.5. The molecule has 0 fully saturated rings. The third-order valence-electron chi connectivity index (χ3n) is 3.29. The quantitative estimate of drug-likeness (QED) is 0.796. The van der Waals surface area contributed by atoms with E-state index < -0.39 is 17.4 Å². The smallest absolute Gasteiger partial charge is 0.367 e. The third kappa shape index (κ3) is 2.39. The van der Waals surface area contributed by atoms with Crippen LogP contribution >= 0.6 is 0 Å². The molecule has 0 spiro atoms. The summed E-state index contributed by atoms with van der Waals surface area (Å²) < 4.78 is 37.6. The normalized spacial score (nSPS) is 24.1. The molecule has 1 unspecified atom stereocenters. The van der Waals surface area contributed by atoms with Crippen molar-refractivity contribution in [2.45, 2.75) is 38.0 Å². The number of aryl methyl sites for hydroxylation is 1. The van der Waals surface area contributed by atoms with Crippen molar-refractivity contribution in [1.82, 2.24) is 0 Å². The van der Waals surface area contributed by atoms with Gasteiger partial charge in [-0.05, 0) is 43.0 Å². The lowest BCUT2D eigenvalue weighted by Gasteiger charge is -2.36. The van der Waals surface area contributed by atoms with Crippen LogP contribution in [0.25, 0.3) is 0 Å². The Morgan fingerprint density at radius 2 is 2.12 bits per heavy atom. The van der Waals surface area contributed by atoms with Crippen molar-refractivity contribution in [2.75, 3.05) is 5.32 Å². The molecule has 2 nitrogen and oxygen atoms in total. The SMILES string of the molecule is CCC1(N)CCc2cc(C(F)(F)F)ccc2N1. The van der Waals surface area contributed by atoms with Gasteiger partial charge in [-0.2, -0.15) is 13.2 Å². The monoisotopic (exact) mass is 244 g/mol. The van der Waals surface area contributed by atoms with Gasteiger partial charge in [0.2, 0.25) is 0 Å². The van der Waals surface area contributed by atoms with Gasteiger partial charge >= 0.3 is 6.18 Å². The largest absolute Gasteiger partial charge is 0.416 e. The Morgan fingerprint density at radius 3 is 2.71 bits per heavy atom. The molecule has 1 heterocycles. The van der Waals surface area contributed by atoms with E-state index in [2.05, 4.69) is 5.32 Å². The first-order valence-corrected chi connectivity index (χ1v) is 5.61. The van der Waals surface area contributed by atoms with Gasteiger partial charge in [-0.15, -0.1) is 0 Å². The predicted molar refractivity (Wildman–Crippen MR) is 60.6 cm³/mol. The molecule has 0 amide bonds. The number of nitrogens with one attached hydrogen (secondary N) is 1. The van der Waals surface area contributed by atoms with E-state index >= 15 is 0 Å². The van der Waals surface area contributed by atoms with Crippen LogP contribution in [0.5, 0.6) is 0 Å². The number of benzene rings is 1. The van der Waals surface area contributed by atoms with Crippen molar-refractivity contribution in [1.29, 1.82) is 0 Å². The Kier molecular flexibility index (Phi) is 2.81. The highest BCUT2D eigenvalue weighted by Gasteiger charge is 2.33. The molecular weight excluding hydrogens is 229 g/mol. The molecule has 17 heavy (non-hydrogen) atoms. The minimum Gasteiger partial charge on any atom is -0.367 e. The fourth-order valence-electron chi connectivity index (χ4n) is 2.05. The molecule has 0 saturated heterocycles. The number of anilines is 1. The molecule has 5 heteroatoms. The van der Waals surface area contributed by atoms with Gasteiger partial charge in [-0.1, -0.05) is 6.92 Å². The van der Waals surface area contributed by atoms with Crippen LogP contribution in [0, 0.1) is 0 Å². The maximum absolute atomic E-state index is 12.5. The van der Waals surface area contributed by atoms with Gasteiger partial charge in [0.25, 0.3) is 0 Å². The summed E-state index contributed by atoms with van der Waals surface area (Å²) in [6.07, 6.45) is -2.31. The number of hydrogen-bond acceptors (Lipinski definition) is 2. The van der Waals surface area contributed by atoms with Gasteiger partial charge in [0.1, 0.15) is 0 Å². The molecular formula is C12H15F3N2. The van der Waals surface area contributed by atoms with Crippen molar-refractivity contribution in [2.24, 2.45) is 5.73 Å². The number of alkyl halides is 3. The first-order valence-electron chi connectivity index (χ1n) is 5.61. The summed E-state index contributed by atoms with van der Waals surface area (Å²) in [6.45, 7) is 1.96. The Hall–Kier alpha value is -1.23. The van der Waals surface area contributed by atoms with Gasteiger partial charge in [-0.25, -0.2) is 0 Å². The van der Waals surface area contributed by atoms with E-state index in [1.54, 1.807) is 0 Å². The van der Waals surface area contributed by atoms with E-state index in [0.29, 0.717) is 24.1 Å². The molecule has 1 atom stereocenters. The fraction of sp³-hybridized carbons (Fsp3) is 0.500. The van der Waals surface area contributed by atoms with Gasteiger partial charge < -0.3 is 11.1 Å². The Balaban J connectivity index is 2.32. The number of fused-ring (bicyclic) bond motifs is 1. The Bertz CT molecular complexity index is 428. The Morgan fingerprint density at radius 1 is 1.41 bits per heavy atom. The summed E-state index contributed by atoms with van der Waals surface area (Å²) in [4.78, 5) is 0. The molecule has 2 rings (SSSR count). The number of rotatable bonds is 1. The van der Waals surface area contributed by atoms with Gasteiger partial charge in [-0.3, -0.25) is 0 Å². The molecule has 0 bridgehead atoms. The molecule has 0 aliphatic carbocycles. The zero-order valence-electron chi connectivity index (χ0n) is 9.56. The minimum atomic E-state index is -4.28. The highest BCUT2D eigenvalue weighted by molar-refractivity contribution is 5.56. The van der Waals surface area contributed by atoms with Crippen LogP contribution in [0.4, 0.5) is 18.9 Å². The summed E-state index contributed by atoms with van der Waals surface area (Å²) in [6, 6.07) is 3.76. The minimum absolute atomic E-state index is 0.493. The fourth-order valence-corrected chi connectivity index (χ4v) is 2.05. The van der Waals surface area contributed by atoms with E-state index in [1.807, 2.05) is 6.92 Å². The van der Waals surface area contributed by atoms with Crippen molar-refractivity contribution in [3.63, 3.8) is 0 Å². The number of halogens is 3. The second-order valence-electron chi connectivity index (χ2n) is 4.50. The molecule has 1 aliphatic rings. The average Bonchev–Trinajstić information content (AvgIpc) is 2.27. The van der Waals surface area contributed by atoms with Crippen molar-refractivity contribution < 1.29 is 13.2 Å². The summed E-state index contributed by atoms with van der Waals surface area (Å²) in [5.41, 5.74) is 6.38. The lowest BCUT2D eigenvalue weighted by atomic mass is 9.91. The topological polar surface area (TPSA) is 38.0 Å². The van der Waals surface area contributed by atoms with Crippen molar-refractivity contribution in [3.8, 4) is 0 Å². The third-order valence-corrected chi connectivity index (χ3v) is 3.29. The van der Waals surface area contributed by atoms with Gasteiger partial charge in [0.15, 0.2) is 0 Å². The summed E-state index contributed by atoms with van der Waals surface area (Å²) in [5, 5.41) is 3.11. The van der Waals surface area contributed by atoms with Crippen LogP contribution in [0.2, 0.25) is 0 Å². The molecule has 0 saturated carbocycles. The van der Waals surface area contributed by atoms with Gasteiger partial charge in [0, 0.05) is 5.69 Å². The first-order chi connectivity index (χ1) is 7.84. The second kappa shape index (κ2) is 3.91. The van der Waals surface area contributed by atoms with Crippen LogP contribution < -0.4 is 11.1 Å². The van der Waals surface area contributed by atoms with Crippen LogP contribution in [-0.4, -0.2) is 5.66 Å². The summed E-state index contributed by atoms with van der Waals surface area (Å²) >= 11 is 0. The Labute approximate surface area is 98.0 Å². The molecule has 1 aliphatic heterocycles. The highest BCUT2D eigenvalue weighted by Crippen LogP contribution is 2.35. The second-order valence-corrected chi connectivity index (χ2v) is 4.50. The zero-order chi connectivity index (χ0) is 12.7. The summed E-state index contributed by atoms with van der Waals surface area (Å²) in [5.74, 6) is 0. The maximum Gasteiger partial charge on any atom is 0.416 e. The number of nitrogens with two attached hydrogens (primary N) is 1. The molecule has 1 aromatic rings. The first kappa shape index (κ1) is 12.2. The highest BCUT2D eigenvalue weighted by atomic mass is 19.4. The van der Waals surface area contributed by atoms with E-state index in [4.69, 9.17) is 5.73 Å². The van der Waals surface area contributed by atoms with E-state index in [-0.39, 0.29) is 0 Å². The molecule has 1 aromatic carbocycles. The molecule has 3 N–H and O–H groups in total. The summed E-state index contributed by atoms with van der Waals surface area (Å²) in [7, 11) is 0. The van der Waals surface area contributed by atoms with Crippen LogP contribution in [0.3, 0.4) is 0 Å². The van der Waals surface area contributed by atoms with E-state index in [1.165, 1.54) is 12.1 Å². The number of hydrogen-bond donors (Lipinski definition) is 2. The average molecular weight is 244 g/mol.